The Morgan fingerprint density at radius 3 is 2.79 bits per heavy atom. The highest BCUT2D eigenvalue weighted by atomic mass is 16.4. The van der Waals surface area contributed by atoms with Crippen LogP contribution in [0.2, 0.25) is 0 Å². The Labute approximate surface area is 83.8 Å². The van der Waals surface area contributed by atoms with E-state index in [-0.39, 0.29) is 0 Å². The second kappa shape index (κ2) is 5.47. The summed E-state index contributed by atoms with van der Waals surface area (Å²) in [5, 5.41) is 10.7. The van der Waals surface area contributed by atoms with Crippen LogP contribution in [0.3, 0.4) is 0 Å². The number of hydrogen-bond donors (Lipinski definition) is 2. The molecule has 0 unspecified atom stereocenters. The van der Waals surface area contributed by atoms with Gasteiger partial charge in [0.1, 0.15) is 0 Å². The van der Waals surface area contributed by atoms with Crippen LogP contribution < -0.4 is 5.32 Å². The standard InChI is InChI=1S/C7H13N3.C2H4O2/c1-3-8-7-9-4-2-6-10(7)5-1;1-2(3)4/h1-6H2,(H,8,9);1H3,(H,3,4). The second-order valence-electron chi connectivity index (χ2n) is 3.35. The normalized spacial score (nSPS) is 19.5. The molecule has 14 heavy (non-hydrogen) atoms. The van der Waals surface area contributed by atoms with E-state index >= 15 is 0 Å². The van der Waals surface area contributed by atoms with Gasteiger partial charge in [-0.25, -0.2) is 0 Å². The lowest BCUT2D eigenvalue weighted by Crippen LogP contribution is -2.49. The third kappa shape index (κ3) is 3.64. The number of guanidine groups is 1. The monoisotopic (exact) mass is 199 g/mol. The van der Waals surface area contributed by atoms with Gasteiger partial charge in [-0.05, 0) is 12.8 Å². The number of carbonyl (C=O) groups is 1. The highest BCUT2D eigenvalue weighted by Crippen LogP contribution is 2.05. The van der Waals surface area contributed by atoms with E-state index in [1.165, 1.54) is 25.9 Å². The summed E-state index contributed by atoms with van der Waals surface area (Å²) in [5.74, 6) is 0.303. The summed E-state index contributed by atoms with van der Waals surface area (Å²) in [6.45, 7) is 5.60. The smallest absolute Gasteiger partial charge is 0.300 e. The van der Waals surface area contributed by atoms with E-state index in [2.05, 4.69) is 15.2 Å². The Hall–Kier alpha value is -1.26. The SMILES string of the molecule is C1CN=C2NCCCN2C1.CC(=O)O. The topological polar surface area (TPSA) is 64.9 Å². The molecule has 0 aliphatic carbocycles. The van der Waals surface area contributed by atoms with Gasteiger partial charge < -0.3 is 15.3 Å². The maximum Gasteiger partial charge on any atom is 0.300 e. The minimum atomic E-state index is -0.833. The molecule has 0 aromatic heterocycles. The highest BCUT2D eigenvalue weighted by Gasteiger charge is 2.17. The molecule has 0 spiro atoms. The van der Waals surface area contributed by atoms with E-state index in [4.69, 9.17) is 9.90 Å². The van der Waals surface area contributed by atoms with Crippen molar-refractivity contribution in [2.45, 2.75) is 19.8 Å². The molecule has 2 aliphatic rings. The molecule has 0 aromatic carbocycles. The maximum absolute atomic E-state index is 9.00. The first-order valence-corrected chi connectivity index (χ1v) is 4.93. The molecule has 0 saturated carbocycles. The van der Waals surface area contributed by atoms with Crippen LogP contribution in [0.5, 0.6) is 0 Å². The first-order chi connectivity index (χ1) is 6.70. The Balaban J connectivity index is 0.000000213. The molecule has 1 saturated heterocycles. The molecule has 2 aliphatic heterocycles. The second-order valence-corrected chi connectivity index (χ2v) is 3.35. The van der Waals surface area contributed by atoms with Crippen LogP contribution in [-0.2, 0) is 4.79 Å². The van der Waals surface area contributed by atoms with Gasteiger partial charge in [0.05, 0.1) is 0 Å². The maximum atomic E-state index is 9.00. The van der Waals surface area contributed by atoms with Gasteiger partial charge in [-0.15, -0.1) is 0 Å². The van der Waals surface area contributed by atoms with Crippen molar-refractivity contribution in [3.05, 3.63) is 0 Å². The molecule has 5 nitrogen and oxygen atoms in total. The molecule has 2 N–H and O–H groups in total. The van der Waals surface area contributed by atoms with E-state index in [0.29, 0.717) is 0 Å². The summed E-state index contributed by atoms with van der Waals surface area (Å²) in [6, 6.07) is 0. The number of fused-ring (bicyclic) bond motifs is 1. The quantitative estimate of drug-likeness (QED) is 0.582. The molecule has 2 heterocycles. The average molecular weight is 199 g/mol. The summed E-state index contributed by atoms with van der Waals surface area (Å²) in [7, 11) is 0. The fraction of sp³-hybridized carbons (Fsp3) is 0.778. The fourth-order valence-corrected chi connectivity index (χ4v) is 1.51. The fourth-order valence-electron chi connectivity index (χ4n) is 1.51. The Kier molecular flexibility index (Phi) is 4.22. The van der Waals surface area contributed by atoms with Crippen LogP contribution in [0.1, 0.15) is 19.8 Å². The van der Waals surface area contributed by atoms with Crippen molar-refractivity contribution in [1.82, 2.24) is 10.2 Å². The van der Waals surface area contributed by atoms with Gasteiger partial charge in [-0.3, -0.25) is 9.79 Å². The van der Waals surface area contributed by atoms with Gasteiger partial charge in [0.15, 0.2) is 5.96 Å². The summed E-state index contributed by atoms with van der Waals surface area (Å²) in [4.78, 5) is 15.7. The molecular weight excluding hydrogens is 182 g/mol. The average Bonchev–Trinajstić information content (AvgIpc) is 2.17. The van der Waals surface area contributed by atoms with Crippen molar-refractivity contribution in [3.63, 3.8) is 0 Å². The van der Waals surface area contributed by atoms with Gasteiger partial charge in [0.25, 0.3) is 5.97 Å². The van der Waals surface area contributed by atoms with Crippen LogP contribution in [0.15, 0.2) is 4.99 Å². The summed E-state index contributed by atoms with van der Waals surface area (Å²) in [6.07, 6.45) is 2.49. The Bertz CT molecular complexity index is 224. The largest absolute Gasteiger partial charge is 0.481 e. The molecule has 2 rings (SSSR count). The number of carboxylic acids is 1. The molecule has 0 radical (unpaired) electrons. The van der Waals surface area contributed by atoms with E-state index in [0.717, 1.165) is 26.0 Å². The highest BCUT2D eigenvalue weighted by molar-refractivity contribution is 5.81. The van der Waals surface area contributed by atoms with E-state index in [9.17, 15) is 0 Å². The van der Waals surface area contributed by atoms with Crippen LogP contribution in [0.25, 0.3) is 0 Å². The lowest BCUT2D eigenvalue weighted by molar-refractivity contribution is -0.134. The third-order valence-corrected chi connectivity index (χ3v) is 2.04. The van der Waals surface area contributed by atoms with Gasteiger partial charge in [0.2, 0.25) is 0 Å². The number of nitrogens with one attached hydrogen (secondary N) is 1. The minimum absolute atomic E-state index is 0.833. The van der Waals surface area contributed by atoms with Gasteiger partial charge in [-0.2, -0.15) is 0 Å². The predicted molar refractivity (Wildman–Crippen MR) is 54.4 cm³/mol. The summed E-state index contributed by atoms with van der Waals surface area (Å²) in [5.41, 5.74) is 0. The molecule has 0 aromatic rings. The van der Waals surface area contributed by atoms with E-state index < -0.39 is 5.97 Å². The molecule has 0 amide bonds. The van der Waals surface area contributed by atoms with Crippen LogP contribution in [0.4, 0.5) is 0 Å². The predicted octanol–water partition coefficient (Wildman–Crippen LogP) is 0.132. The zero-order valence-electron chi connectivity index (χ0n) is 8.49. The number of rotatable bonds is 0. The molecule has 0 atom stereocenters. The Morgan fingerprint density at radius 2 is 2.14 bits per heavy atom. The number of aliphatic carboxylic acids is 1. The molecule has 0 bridgehead atoms. The van der Waals surface area contributed by atoms with E-state index in [1.807, 2.05) is 0 Å². The van der Waals surface area contributed by atoms with Crippen molar-refractivity contribution < 1.29 is 9.90 Å². The molecule has 5 heteroatoms. The van der Waals surface area contributed by atoms with Crippen molar-refractivity contribution in [1.29, 1.82) is 0 Å². The van der Waals surface area contributed by atoms with Gasteiger partial charge in [-0.1, -0.05) is 0 Å². The van der Waals surface area contributed by atoms with Crippen LogP contribution >= 0.6 is 0 Å². The molecule has 80 valence electrons. The lowest BCUT2D eigenvalue weighted by Gasteiger charge is -2.33. The van der Waals surface area contributed by atoms with Crippen LogP contribution in [-0.4, -0.2) is 48.1 Å². The first-order valence-electron chi connectivity index (χ1n) is 4.93. The van der Waals surface area contributed by atoms with Crippen LogP contribution in [0, 0.1) is 0 Å². The summed E-state index contributed by atoms with van der Waals surface area (Å²) >= 11 is 0. The van der Waals surface area contributed by atoms with Crippen molar-refractivity contribution in [2.75, 3.05) is 26.2 Å². The van der Waals surface area contributed by atoms with Crippen molar-refractivity contribution in [3.8, 4) is 0 Å². The first kappa shape index (κ1) is 10.8. The van der Waals surface area contributed by atoms with Crippen molar-refractivity contribution >= 4 is 11.9 Å². The molecular formula is C9H17N3O2. The minimum Gasteiger partial charge on any atom is -0.481 e. The van der Waals surface area contributed by atoms with Crippen molar-refractivity contribution in [2.24, 2.45) is 4.99 Å². The summed E-state index contributed by atoms with van der Waals surface area (Å²) < 4.78 is 0. The molecule has 1 fully saturated rings. The van der Waals surface area contributed by atoms with E-state index in [1.54, 1.807) is 0 Å². The Morgan fingerprint density at radius 1 is 1.50 bits per heavy atom. The number of aliphatic imine (C=N–C) groups is 1. The third-order valence-electron chi connectivity index (χ3n) is 2.04. The number of nitrogens with zero attached hydrogens (tertiary/aromatic N) is 2. The van der Waals surface area contributed by atoms with Gasteiger partial charge in [0, 0.05) is 33.1 Å². The zero-order valence-corrected chi connectivity index (χ0v) is 8.49. The lowest BCUT2D eigenvalue weighted by atomic mass is 10.2. The number of hydrogen-bond acceptors (Lipinski definition) is 4. The number of carboxylic acid groups (broad SMARTS) is 1. The van der Waals surface area contributed by atoms with Gasteiger partial charge >= 0.3 is 0 Å². The zero-order chi connectivity index (χ0) is 10.4.